The third-order valence-electron chi connectivity index (χ3n) is 5.20. The second-order valence-electron chi connectivity index (χ2n) is 8.16. The van der Waals surface area contributed by atoms with Crippen LogP contribution in [0.1, 0.15) is 104 Å². The summed E-state index contributed by atoms with van der Waals surface area (Å²) in [5.74, 6) is -0.584. The summed E-state index contributed by atoms with van der Waals surface area (Å²) < 4.78 is 11.8. The number of rotatable bonds is 15. The summed E-state index contributed by atoms with van der Waals surface area (Å²) >= 11 is 0. The zero-order valence-corrected chi connectivity index (χ0v) is 17.0. The number of aliphatic hydroxyl groups excluding tert-OH is 1. The fourth-order valence-electron chi connectivity index (χ4n) is 3.74. The Bertz CT molecular complexity index is 322. The summed E-state index contributed by atoms with van der Waals surface area (Å²) in [4.78, 5) is 0. The number of unbranched alkanes of at least 4 members (excludes halogenated alkanes) is 11. The van der Waals surface area contributed by atoms with Crippen molar-refractivity contribution in [3.8, 4) is 0 Å². The molecule has 3 atom stereocenters. The highest BCUT2D eigenvalue weighted by Gasteiger charge is 2.43. The van der Waals surface area contributed by atoms with Gasteiger partial charge in [0.25, 0.3) is 0 Å². The largest absolute Gasteiger partial charge is 0.395 e. The second kappa shape index (κ2) is 13.1. The van der Waals surface area contributed by atoms with E-state index in [1.54, 1.807) is 0 Å². The molecule has 0 bridgehead atoms. The second-order valence-corrected chi connectivity index (χ2v) is 8.16. The molecule has 1 fully saturated rings. The minimum atomic E-state index is -0.584. The number of aliphatic hydroxyl groups is 1. The van der Waals surface area contributed by atoms with Gasteiger partial charge in [0.15, 0.2) is 5.79 Å². The molecular formula is C21H43NO3. The number of ether oxygens (including phenoxy) is 2. The monoisotopic (exact) mass is 357 g/mol. The van der Waals surface area contributed by atoms with Crippen LogP contribution in [-0.2, 0) is 9.47 Å². The molecule has 1 saturated heterocycles. The molecule has 1 unspecified atom stereocenters. The predicted octanol–water partition coefficient (Wildman–Crippen LogP) is 4.92. The molecule has 25 heavy (non-hydrogen) atoms. The van der Waals surface area contributed by atoms with E-state index in [-0.39, 0.29) is 24.9 Å². The van der Waals surface area contributed by atoms with Gasteiger partial charge in [-0.05, 0) is 20.3 Å². The molecule has 1 heterocycles. The van der Waals surface area contributed by atoms with E-state index in [0.29, 0.717) is 0 Å². The van der Waals surface area contributed by atoms with Crippen LogP contribution in [0, 0.1) is 0 Å². The van der Waals surface area contributed by atoms with Gasteiger partial charge in [0.05, 0.1) is 18.8 Å². The third-order valence-corrected chi connectivity index (χ3v) is 5.20. The normalized spacial score (nSPS) is 23.9. The van der Waals surface area contributed by atoms with Gasteiger partial charge < -0.3 is 20.3 Å². The molecule has 0 spiro atoms. The standard InChI is InChI=1S/C21H43NO3/c1-4-5-6-7-8-9-10-11-12-13-14-15-16-19-20(18(22)17-23)25-21(2,3)24-19/h18-20,23H,4-17,22H2,1-3H3/t18?,19-,20-/m0/s1. The summed E-state index contributed by atoms with van der Waals surface area (Å²) in [6.07, 6.45) is 17.0. The molecule has 4 nitrogen and oxygen atoms in total. The van der Waals surface area contributed by atoms with Gasteiger partial charge >= 0.3 is 0 Å². The van der Waals surface area contributed by atoms with Gasteiger partial charge in [0.2, 0.25) is 0 Å². The lowest BCUT2D eigenvalue weighted by molar-refractivity contribution is -0.149. The maximum absolute atomic E-state index is 9.30. The van der Waals surface area contributed by atoms with Crippen molar-refractivity contribution in [2.75, 3.05) is 6.61 Å². The first-order valence-electron chi connectivity index (χ1n) is 10.7. The highest BCUT2D eigenvalue weighted by molar-refractivity contribution is 4.88. The van der Waals surface area contributed by atoms with Crippen LogP contribution in [0.5, 0.6) is 0 Å². The van der Waals surface area contributed by atoms with Crippen molar-refractivity contribution in [1.29, 1.82) is 0 Å². The van der Waals surface area contributed by atoms with Crippen LogP contribution in [-0.4, -0.2) is 35.8 Å². The van der Waals surface area contributed by atoms with Gasteiger partial charge in [-0.2, -0.15) is 0 Å². The maximum atomic E-state index is 9.30. The Morgan fingerprint density at radius 2 is 1.32 bits per heavy atom. The fraction of sp³-hybridized carbons (Fsp3) is 1.00. The zero-order valence-electron chi connectivity index (χ0n) is 17.0. The van der Waals surface area contributed by atoms with Crippen LogP contribution in [0.2, 0.25) is 0 Å². The molecule has 1 aliphatic heterocycles. The Morgan fingerprint density at radius 1 is 0.840 bits per heavy atom. The molecule has 0 aliphatic carbocycles. The lowest BCUT2D eigenvalue weighted by Gasteiger charge is -2.21. The summed E-state index contributed by atoms with van der Waals surface area (Å²) in [5.41, 5.74) is 5.97. The SMILES string of the molecule is CCCCCCCCCCCCCC[C@@H]1OC(C)(C)O[C@H]1C(N)CO. The van der Waals surface area contributed by atoms with Crippen molar-refractivity contribution in [2.24, 2.45) is 5.73 Å². The molecule has 0 amide bonds. The average Bonchev–Trinajstić information content (AvgIpc) is 2.90. The van der Waals surface area contributed by atoms with Crippen molar-refractivity contribution in [1.82, 2.24) is 0 Å². The van der Waals surface area contributed by atoms with Gasteiger partial charge in [-0.3, -0.25) is 0 Å². The smallest absolute Gasteiger partial charge is 0.163 e. The van der Waals surface area contributed by atoms with E-state index in [9.17, 15) is 5.11 Å². The summed E-state index contributed by atoms with van der Waals surface area (Å²) in [6, 6.07) is -0.357. The predicted molar refractivity (Wildman–Crippen MR) is 105 cm³/mol. The van der Waals surface area contributed by atoms with Crippen molar-refractivity contribution >= 4 is 0 Å². The van der Waals surface area contributed by atoms with Crippen LogP contribution < -0.4 is 5.73 Å². The minimum Gasteiger partial charge on any atom is -0.395 e. The van der Waals surface area contributed by atoms with Crippen LogP contribution in [0.4, 0.5) is 0 Å². The molecule has 0 aromatic heterocycles. The summed E-state index contributed by atoms with van der Waals surface area (Å²) in [6.45, 7) is 6.06. The first-order chi connectivity index (χ1) is 12.0. The topological polar surface area (TPSA) is 64.7 Å². The van der Waals surface area contributed by atoms with E-state index in [1.165, 1.54) is 70.6 Å². The third kappa shape index (κ3) is 9.93. The molecule has 1 aliphatic rings. The number of hydrogen-bond donors (Lipinski definition) is 2. The molecular weight excluding hydrogens is 314 g/mol. The van der Waals surface area contributed by atoms with E-state index in [4.69, 9.17) is 15.2 Å². The molecule has 0 aromatic rings. The first kappa shape index (κ1) is 22.9. The fourth-order valence-corrected chi connectivity index (χ4v) is 3.74. The van der Waals surface area contributed by atoms with Crippen molar-refractivity contribution in [2.45, 2.75) is 128 Å². The minimum absolute atomic E-state index is 0.0141. The van der Waals surface area contributed by atoms with E-state index in [1.807, 2.05) is 13.8 Å². The van der Waals surface area contributed by atoms with Crippen molar-refractivity contribution in [3.05, 3.63) is 0 Å². The average molecular weight is 358 g/mol. The zero-order chi connectivity index (χ0) is 18.5. The molecule has 4 heteroatoms. The van der Waals surface area contributed by atoms with Crippen molar-refractivity contribution in [3.63, 3.8) is 0 Å². The summed E-state index contributed by atoms with van der Waals surface area (Å²) in [7, 11) is 0. The number of nitrogens with two attached hydrogens (primary N) is 1. The summed E-state index contributed by atoms with van der Waals surface area (Å²) in [5, 5.41) is 9.30. The highest BCUT2D eigenvalue weighted by Crippen LogP contribution is 2.32. The van der Waals surface area contributed by atoms with Crippen LogP contribution in [0.25, 0.3) is 0 Å². The van der Waals surface area contributed by atoms with Crippen LogP contribution in [0.3, 0.4) is 0 Å². The Labute approximate surface area is 155 Å². The van der Waals surface area contributed by atoms with Gasteiger partial charge in [0.1, 0.15) is 6.10 Å². The Balaban J connectivity index is 2.00. The molecule has 0 saturated carbocycles. The molecule has 150 valence electrons. The van der Waals surface area contributed by atoms with E-state index in [0.717, 1.165) is 12.8 Å². The molecule has 0 aromatic carbocycles. The maximum Gasteiger partial charge on any atom is 0.163 e. The van der Waals surface area contributed by atoms with Gasteiger partial charge in [-0.25, -0.2) is 0 Å². The van der Waals surface area contributed by atoms with Gasteiger partial charge in [0, 0.05) is 0 Å². The molecule has 0 radical (unpaired) electrons. The van der Waals surface area contributed by atoms with E-state index in [2.05, 4.69) is 6.92 Å². The lowest BCUT2D eigenvalue weighted by Crippen LogP contribution is -2.44. The number of hydrogen-bond acceptors (Lipinski definition) is 4. The van der Waals surface area contributed by atoms with E-state index < -0.39 is 5.79 Å². The molecule has 3 N–H and O–H groups in total. The lowest BCUT2D eigenvalue weighted by atomic mass is 10.00. The van der Waals surface area contributed by atoms with Crippen LogP contribution in [0.15, 0.2) is 0 Å². The Morgan fingerprint density at radius 3 is 1.80 bits per heavy atom. The van der Waals surface area contributed by atoms with Crippen molar-refractivity contribution < 1.29 is 14.6 Å². The van der Waals surface area contributed by atoms with Gasteiger partial charge in [-0.1, -0.05) is 84.0 Å². The molecule has 1 rings (SSSR count). The Kier molecular flexibility index (Phi) is 12.0. The Hall–Kier alpha value is -0.160. The van der Waals surface area contributed by atoms with Gasteiger partial charge in [-0.15, -0.1) is 0 Å². The first-order valence-corrected chi connectivity index (χ1v) is 10.7. The quantitative estimate of drug-likeness (QED) is 0.408. The van der Waals surface area contributed by atoms with E-state index >= 15 is 0 Å². The van der Waals surface area contributed by atoms with Crippen LogP contribution >= 0.6 is 0 Å². The highest BCUT2D eigenvalue weighted by atomic mass is 16.8.